The molecule has 0 atom stereocenters. The van der Waals surface area contributed by atoms with Crippen molar-refractivity contribution < 1.29 is 0 Å². The van der Waals surface area contributed by atoms with E-state index in [9.17, 15) is 0 Å². The van der Waals surface area contributed by atoms with E-state index in [0.717, 1.165) is 25.3 Å². The maximum Gasteiger partial charge on any atom is 0.166 e. The van der Waals surface area contributed by atoms with Gasteiger partial charge in [-0.2, -0.15) is 5.10 Å². The van der Waals surface area contributed by atoms with E-state index in [1.165, 1.54) is 36.1 Å². The van der Waals surface area contributed by atoms with Crippen molar-refractivity contribution in [2.24, 2.45) is 5.10 Å². The molecule has 0 radical (unpaired) electrons. The number of imidazole rings is 1. The lowest BCUT2D eigenvalue weighted by molar-refractivity contribution is 0.300. The van der Waals surface area contributed by atoms with Gasteiger partial charge in [-0.3, -0.25) is 9.58 Å². The van der Waals surface area contributed by atoms with E-state index in [-0.39, 0.29) is 0 Å². The number of aryl methyl sites for hydroxylation is 1. The Hall–Kier alpha value is -1.62. The third kappa shape index (κ3) is 3.35. The highest BCUT2D eigenvalue weighted by molar-refractivity contribution is 7.10. The van der Waals surface area contributed by atoms with Crippen LogP contribution in [0.25, 0.3) is 0 Å². The summed E-state index contributed by atoms with van der Waals surface area (Å²) >= 11 is 1.81. The minimum Gasteiger partial charge on any atom is -0.295 e. The van der Waals surface area contributed by atoms with Crippen LogP contribution in [0.4, 0.5) is 0 Å². The molecule has 3 rings (SSSR count). The lowest BCUT2D eigenvalue weighted by Crippen LogP contribution is -2.24. The zero-order valence-corrected chi connectivity index (χ0v) is 13.4. The van der Waals surface area contributed by atoms with Gasteiger partial charge in [0.25, 0.3) is 0 Å². The SMILES string of the molecule is CCc1sccc1C(=NN1CCCCCC1)n1ccnc1. The second-order valence-electron chi connectivity index (χ2n) is 5.37. The Morgan fingerprint density at radius 3 is 2.76 bits per heavy atom. The lowest BCUT2D eigenvalue weighted by atomic mass is 10.2. The fourth-order valence-corrected chi connectivity index (χ4v) is 3.55. The van der Waals surface area contributed by atoms with E-state index < -0.39 is 0 Å². The van der Waals surface area contributed by atoms with Crippen LogP contribution in [0.1, 0.15) is 43.0 Å². The second-order valence-corrected chi connectivity index (χ2v) is 6.37. The lowest BCUT2D eigenvalue weighted by Gasteiger charge is -2.19. The topological polar surface area (TPSA) is 33.4 Å². The Kier molecular flexibility index (Phi) is 4.70. The van der Waals surface area contributed by atoms with Crippen LogP contribution in [0.5, 0.6) is 0 Å². The molecule has 0 aliphatic carbocycles. The van der Waals surface area contributed by atoms with Gasteiger partial charge in [0.05, 0.1) is 0 Å². The number of hydrazone groups is 1. The maximum absolute atomic E-state index is 4.97. The van der Waals surface area contributed by atoms with Crippen molar-refractivity contribution in [1.29, 1.82) is 0 Å². The molecule has 2 aromatic heterocycles. The Morgan fingerprint density at radius 2 is 2.10 bits per heavy atom. The number of rotatable bonds is 3. The van der Waals surface area contributed by atoms with Crippen molar-refractivity contribution in [3.63, 3.8) is 0 Å². The van der Waals surface area contributed by atoms with Gasteiger partial charge in [0.1, 0.15) is 6.33 Å². The molecule has 0 N–H and O–H groups in total. The van der Waals surface area contributed by atoms with Gasteiger partial charge in [-0.15, -0.1) is 11.3 Å². The van der Waals surface area contributed by atoms with Crippen molar-refractivity contribution in [3.8, 4) is 0 Å². The van der Waals surface area contributed by atoms with E-state index in [1.54, 1.807) is 0 Å². The molecule has 112 valence electrons. The Bertz CT molecular complexity index is 577. The average molecular weight is 302 g/mol. The first-order chi connectivity index (χ1) is 10.4. The van der Waals surface area contributed by atoms with Crippen molar-refractivity contribution in [2.75, 3.05) is 13.1 Å². The van der Waals surface area contributed by atoms with Crippen LogP contribution in [0.2, 0.25) is 0 Å². The van der Waals surface area contributed by atoms with Crippen LogP contribution in [-0.2, 0) is 6.42 Å². The number of hydrogen-bond acceptors (Lipinski definition) is 4. The summed E-state index contributed by atoms with van der Waals surface area (Å²) in [7, 11) is 0. The molecule has 21 heavy (non-hydrogen) atoms. The minimum absolute atomic E-state index is 1.01. The molecule has 1 fully saturated rings. The van der Waals surface area contributed by atoms with E-state index >= 15 is 0 Å². The third-order valence-corrected chi connectivity index (χ3v) is 4.94. The molecule has 4 nitrogen and oxygen atoms in total. The van der Waals surface area contributed by atoms with Gasteiger partial charge >= 0.3 is 0 Å². The molecule has 0 aromatic carbocycles. The van der Waals surface area contributed by atoms with Gasteiger partial charge in [0, 0.05) is 35.9 Å². The molecule has 0 bridgehead atoms. The van der Waals surface area contributed by atoms with Crippen LogP contribution in [0, 0.1) is 0 Å². The molecule has 0 saturated carbocycles. The zero-order valence-electron chi connectivity index (χ0n) is 12.5. The molecule has 0 unspecified atom stereocenters. The summed E-state index contributed by atoms with van der Waals surface area (Å²) in [6.45, 7) is 4.32. The minimum atomic E-state index is 1.01. The first-order valence-electron chi connectivity index (χ1n) is 7.77. The summed E-state index contributed by atoms with van der Waals surface area (Å²) < 4.78 is 2.03. The highest BCUT2D eigenvalue weighted by atomic mass is 32.1. The first-order valence-corrected chi connectivity index (χ1v) is 8.65. The summed E-state index contributed by atoms with van der Waals surface area (Å²) in [6.07, 6.45) is 11.8. The molecule has 2 aromatic rings. The first kappa shape index (κ1) is 14.3. The molecule has 3 heterocycles. The van der Waals surface area contributed by atoms with Crippen molar-refractivity contribution in [3.05, 3.63) is 40.6 Å². The number of aromatic nitrogens is 2. The molecule has 5 heteroatoms. The molecular formula is C16H22N4S. The van der Waals surface area contributed by atoms with Gasteiger partial charge < -0.3 is 0 Å². The van der Waals surface area contributed by atoms with Gasteiger partial charge in [-0.05, 0) is 30.7 Å². The quantitative estimate of drug-likeness (QED) is 0.641. The molecule has 0 spiro atoms. The summed E-state index contributed by atoms with van der Waals surface area (Å²) in [6, 6.07) is 2.18. The van der Waals surface area contributed by atoms with Gasteiger partial charge in [-0.25, -0.2) is 4.98 Å². The number of thiophene rings is 1. The summed E-state index contributed by atoms with van der Waals surface area (Å²) in [5.41, 5.74) is 1.24. The van der Waals surface area contributed by atoms with Crippen LogP contribution in [-0.4, -0.2) is 33.5 Å². The Morgan fingerprint density at radius 1 is 1.29 bits per heavy atom. The number of nitrogens with zero attached hydrogens (tertiary/aromatic N) is 4. The third-order valence-electron chi connectivity index (χ3n) is 3.88. The fourth-order valence-electron chi connectivity index (χ4n) is 2.73. The Balaban J connectivity index is 1.96. The summed E-state index contributed by atoms with van der Waals surface area (Å²) in [5.74, 6) is 1.01. The van der Waals surface area contributed by atoms with Crippen LogP contribution in [0.3, 0.4) is 0 Å². The van der Waals surface area contributed by atoms with Crippen molar-refractivity contribution >= 4 is 17.2 Å². The number of hydrogen-bond donors (Lipinski definition) is 0. The van der Waals surface area contributed by atoms with Gasteiger partial charge in [0.15, 0.2) is 5.84 Å². The molecular weight excluding hydrogens is 280 g/mol. The normalized spacial score (nSPS) is 17.0. The Labute approximate surface area is 130 Å². The predicted molar refractivity (Wildman–Crippen MR) is 87.9 cm³/mol. The van der Waals surface area contributed by atoms with Gasteiger partial charge in [0.2, 0.25) is 0 Å². The summed E-state index contributed by atoms with van der Waals surface area (Å²) in [4.78, 5) is 5.57. The highest BCUT2D eigenvalue weighted by Gasteiger charge is 2.15. The van der Waals surface area contributed by atoms with E-state index in [4.69, 9.17) is 5.10 Å². The highest BCUT2D eigenvalue weighted by Crippen LogP contribution is 2.20. The maximum atomic E-state index is 4.97. The monoisotopic (exact) mass is 302 g/mol. The average Bonchev–Trinajstić information content (AvgIpc) is 3.13. The van der Waals surface area contributed by atoms with Crippen LogP contribution in [0.15, 0.2) is 35.3 Å². The van der Waals surface area contributed by atoms with E-state index in [2.05, 4.69) is 28.4 Å². The standard InChI is InChI=1S/C16H22N4S/c1-2-15-14(7-12-21-15)16(19-11-8-17-13-19)18-20-9-5-3-4-6-10-20/h7-8,11-13H,2-6,9-10H2,1H3. The van der Waals surface area contributed by atoms with Crippen LogP contribution >= 0.6 is 11.3 Å². The fraction of sp³-hybridized carbons (Fsp3) is 0.500. The van der Waals surface area contributed by atoms with Crippen LogP contribution < -0.4 is 0 Å². The molecule has 1 aliphatic heterocycles. The predicted octanol–water partition coefficient (Wildman–Crippen LogP) is 3.59. The molecule has 1 saturated heterocycles. The van der Waals surface area contributed by atoms with Crippen molar-refractivity contribution in [2.45, 2.75) is 39.0 Å². The summed E-state index contributed by atoms with van der Waals surface area (Å²) in [5, 5.41) is 9.36. The molecule has 0 amide bonds. The smallest absolute Gasteiger partial charge is 0.166 e. The second kappa shape index (κ2) is 6.89. The molecule has 1 aliphatic rings. The van der Waals surface area contributed by atoms with Crippen molar-refractivity contribution in [1.82, 2.24) is 14.6 Å². The largest absolute Gasteiger partial charge is 0.295 e. The van der Waals surface area contributed by atoms with E-state index in [0.29, 0.717) is 0 Å². The van der Waals surface area contributed by atoms with E-state index in [1.807, 2.05) is 34.6 Å². The zero-order chi connectivity index (χ0) is 14.5. The van der Waals surface area contributed by atoms with Gasteiger partial charge in [-0.1, -0.05) is 19.8 Å².